The normalized spacial score (nSPS) is 13.8. The van der Waals surface area contributed by atoms with Crippen molar-refractivity contribution in [1.29, 1.82) is 0 Å². The molecule has 1 atom stereocenters. The Morgan fingerprint density at radius 3 is 2.46 bits per heavy atom. The van der Waals surface area contributed by atoms with Gasteiger partial charge in [0, 0.05) is 6.61 Å². The number of aliphatic hydroxyl groups excluding tert-OH is 1. The third kappa shape index (κ3) is 9.62. The molecular formula is C12H24O. The van der Waals surface area contributed by atoms with Crippen molar-refractivity contribution >= 4 is 0 Å². The Hall–Kier alpha value is -0.300. The highest BCUT2D eigenvalue weighted by atomic mass is 16.2. The third-order valence-electron chi connectivity index (χ3n) is 2.33. The van der Waals surface area contributed by atoms with Gasteiger partial charge in [-0.25, -0.2) is 0 Å². The zero-order chi connectivity index (χ0) is 9.94. The molecule has 0 fully saturated rings. The molecule has 0 bridgehead atoms. The van der Waals surface area contributed by atoms with Crippen molar-refractivity contribution in [2.24, 2.45) is 5.92 Å². The van der Waals surface area contributed by atoms with Gasteiger partial charge in [0.15, 0.2) is 0 Å². The summed E-state index contributed by atoms with van der Waals surface area (Å²) < 4.78 is 0. The zero-order valence-corrected chi connectivity index (χ0v) is 9.13. The van der Waals surface area contributed by atoms with Gasteiger partial charge in [0.05, 0.1) is 0 Å². The minimum Gasteiger partial charge on any atom is -0.396 e. The van der Waals surface area contributed by atoms with Crippen molar-refractivity contribution in [3.63, 3.8) is 0 Å². The molecule has 0 radical (unpaired) electrons. The first-order chi connectivity index (χ1) is 6.31. The van der Waals surface area contributed by atoms with Gasteiger partial charge < -0.3 is 5.11 Å². The average molecular weight is 184 g/mol. The van der Waals surface area contributed by atoms with E-state index in [0.717, 1.165) is 18.8 Å². The van der Waals surface area contributed by atoms with Crippen molar-refractivity contribution in [3.8, 4) is 0 Å². The average Bonchev–Trinajstić information content (AvgIpc) is 2.14. The fourth-order valence-electron chi connectivity index (χ4n) is 1.45. The van der Waals surface area contributed by atoms with Gasteiger partial charge in [0.1, 0.15) is 0 Å². The smallest absolute Gasteiger partial charge is 0.0431 e. The molecule has 1 N–H and O–H groups in total. The van der Waals surface area contributed by atoms with Gasteiger partial charge in [0.25, 0.3) is 0 Å². The van der Waals surface area contributed by atoms with Crippen LogP contribution in [-0.4, -0.2) is 11.7 Å². The Labute approximate surface area is 82.9 Å². The van der Waals surface area contributed by atoms with Crippen LogP contribution < -0.4 is 0 Å². The Bertz CT molecular complexity index is 118. The van der Waals surface area contributed by atoms with E-state index in [1.165, 1.54) is 25.7 Å². The van der Waals surface area contributed by atoms with Crippen LogP contribution in [0, 0.1) is 5.92 Å². The Kier molecular flexibility index (Phi) is 9.56. The molecule has 1 nitrogen and oxygen atoms in total. The Balaban J connectivity index is 3.16. The van der Waals surface area contributed by atoms with E-state index in [-0.39, 0.29) is 0 Å². The summed E-state index contributed by atoms with van der Waals surface area (Å²) in [5.41, 5.74) is 0. The number of rotatable bonds is 8. The highest BCUT2D eigenvalue weighted by Gasteiger charge is 1.99. The molecule has 13 heavy (non-hydrogen) atoms. The van der Waals surface area contributed by atoms with Crippen molar-refractivity contribution in [3.05, 3.63) is 12.2 Å². The summed E-state index contributed by atoms with van der Waals surface area (Å²) in [4.78, 5) is 0. The molecule has 0 aliphatic rings. The topological polar surface area (TPSA) is 20.2 Å². The van der Waals surface area contributed by atoms with Crippen LogP contribution in [0.25, 0.3) is 0 Å². The number of aliphatic hydroxyl groups is 1. The SMILES string of the molecule is CC/C=C/CCCC(C)CCCO. The van der Waals surface area contributed by atoms with Crippen LogP contribution in [0.5, 0.6) is 0 Å². The maximum absolute atomic E-state index is 8.65. The van der Waals surface area contributed by atoms with Crippen molar-refractivity contribution in [2.45, 2.75) is 52.4 Å². The molecule has 1 unspecified atom stereocenters. The van der Waals surface area contributed by atoms with Crippen molar-refractivity contribution in [1.82, 2.24) is 0 Å². The largest absolute Gasteiger partial charge is 0.396 e. The summed E-state index contributed by atoms with van der Waals surface area (Å²) in [6, 6.07) is 0. The van der Waals surface area contributed by atoms with E-state index in [9.17, 15) is 0 Å². The molecule has 0 aromatic carbocycles. The van der Waals surface area contributed by atoms with E-state index < -0.39 is 0 Å². The van der Waals surface area contributed by atoms with Gasteiger partial charge in [-0.05, 0) is 38.0 Å². The fraction of sp³-hybridized carbons (Fsp3) is 0.833. The first-order valence-corrected chi connectivity index (χ1v) is 5.57. The van der Waals surface area contributed by atoms with Gasteiger partial charge in [-0.2, -0.15) is 0 Å². The maximum atomic E-state index is 8.65. The van der Waals surface area contributed by atoms with Crippen LogP contribution in [0.2, 0.25) is 0 Å². The second kappa shape index (κ2) is 9.79. The van der Waals surface area contributed by atoms with Gasteiger partial charge in [-0.15, -0.1) is 0 Å². The highest BCUT2D eigenvalue weighted by Crippen LogP contribution is 2.13. The quantitative estimate of drug-likeness (QED) is 0.452. The van der Waals surface area contributed by atoms with E-state index in [2.05, 4.69) is 26.0 Å². The molecule has 0 saturated heterocycles. The van der Waals surface area contributed by atoms with E-state index >= 15 is 0 Å². The van der Waals surface area contributed by atoms with Crippen LogP contribution in [0.15, 0.2) is 12.2 Å². The maximum Gasteiger partial charge on any atom is 0.0431 e. The number of hydrogen-bond donors (Lipinski definition) is 1. The van der Waals surface area contributed by atoms with E-state index in [4.69, 9.17) is 5.11 Å². The Morgan fingerprint density at radius 2 is 1.85 bits per heavy atom. The minimum absolute atomic E-state index is 0.347. The van der Waals surface area contributed by atoms with E-state index in [1.807, 2.05) is 0 Å². The number of allylic oxidation sites excluding steroid dienone is 2. The van der Waals surface area contributed by atoms with E-state index in [0.29, 0.717) is 6.61 Å². The summed E-state index contributed by atoms with van der Waals surface area (Å²) in [6.07, 6.45) is 11.6. The fourth-order valence-corrected chi connectivity index (χ4v) is 1.45. The summed E-state index contributed by atoms with van der Waals surface area (Å²) in [6.45, 7) is 4.79. The zero-order valence-electron chi connectivity index (χ0n) is 9.13. The molecule has 0 spiro atoms. The molecule has 0 aliphatic heterocycles. The lowest BCUT2D eigenvalue weighted by Crippen LogP contribution is -1.96. The summed E-state index contributed by atoms with van der Waals surface area (Å²) in [5, 5.41) is 8.65. The monoisotopic (exact) mass is 184 g/mol. The van der Waals surface area contributed by atoms with Gasteiger partial charge in [0.2, 0.25) is 0 Å². The second-order valence-electron chi connectivity index (χ2n) is 3.78. The minimum atomic E-state index is 0.347. The van der Waals surface area contributed by atoms with Crippen molar-refractivity contribution < 1.29 is 5.11 Å². The van der Waals surface area contributed by atoms with E-state index in [1.54, 1.807) is 0 Å². The Morgan fingerprint density at radius 1 is 1.15 bits per heavy atom. The van der Waals surface area contributed by atoms with Crippen LogP contribution in [0.3, 0.4) is 0 Å². The van der Waals surface area contributed by atoms with Crippen LogP contribution in [-0.2, 0) is 0 Å². The molecule has 1 heteroatoms. The summed E-state index contributed by atoms with van der Waals surface area (Å²) in [7, 11) is 0. The molecule has 0 amide bonds. The lowest BCUT2D eigenvalue weighted by molar-refractivity contribution is 0.271. The molecule has 0 saturated carbocycles. The molecule has 78 valence electrons. The molecule has 0 rings (SSSR count). The van der Waals surface area contributed by atoms with Gasteiger partial charge in [-0.3, -0.25) is 0 Å². The molecule has 0 aromatic heterocycles. The molecule has 0 aliphatic carbocycles. The predicted molar refractivity (Wildman–Crippen MR) is 58.8 cm³/mol. The first-order valence-electron chi connectivity index (χ1n) is 5.57. The molecule has 0 heterocycles. The van der Waals surface area contributed by atoms with Crippen LogP contribution in [0.4, 0.5) is 0 Å². The lowest BCUT2D eigenvalue weighted by Gasteiger charge is -2.08. The lowest BCUT2D eigenvalue weighted by atomic mass is 9.99. The van der Waals surface area contributed by atoms with Gasteiger partial charge in [-0.1, -0.05) is 32.4 Å². The number of hydrogen-bond acceptors (Lipinski definition) is 1. The standard InChI is InChI=1S/C12H24O/c1-3-4-5-6-7-9-12(2)10-8-11-13/h4-5,12-13H,3,6-11H2,1-2H3/b5-4+. The summed E-state index contributed by atoms with van der Waals surface area (Å²) >= 11 is 0. The predicted octanol–water partition coefficient (Wildman–Crippen LogP) is 3.53. The van der Waals surface area contributed by atoms with Crippen LogP contribution >= 0.6 is 0 Å². The highest BCUT2D eigenvalue weighted by molar-refractivity contribution is 4.79. The van der Waals surface area contributed by atoms with Gasteiger partial charge >= 0.3 is 0 Å². The van der Waals surface area contributed by atoms with Crippen molar-refractivity contribution in [2.75, 3.05) is 6.61 Å². The van der Waals surface area contributed by atoms with Crippen LogP contribution in [0.1, 0.15) is 52.4 Å². The molecule has 0 aromatic rings. The molecular weight excluding hydrogens is 160 g/mol. The second-order valence-corrected chi connectivity index (χ2v) is 3.78. The third-order valence-corrected chi connectivity index (χ3v) is 2.33. The first kappa shape index (κ1) is 12.7. The summed E-state index contributed by atoms with van der Waals surface area (Å²) in [5.74, 6) is 0.780. The number of unbranched alkanes of at least 4 members (excludes halogenated alkanes) is 1.